The van der Waals surface area contributed by atoms with Crippen molar-refractivity contribution >= 4 is 22.6 Å². The van der Waals surface area contributed by atoms with Crippen molar-refractivity contribution in [2.45, 2.75) is 6.36 Å². The van der Waals surface area contributed by atoms with Crippen LogP contribution in [-0.2, 0) is 0 Å². The molecule has 0 radical (unpaired) electrons. The second-order valence-corrected chi connectivity index (χ2v) is 3.32. The minimum Gasteiger partial charge on any atom is -0.404 e. The fourth-order valence-electron chi connectivity index (χ4n) is 0.684. The van der Waals surface area contributed by atoms with Crippen LogP contribution in [0.15, 0.2) is 12.3 Å². The van der Waals surface area contributed by atoms with Crippen LogP contribution in [0.2, 0.25) is 0 Å². The first-order valence-corrected chi connectivity index (χ1v) is 4.31. The van der Waals surface area contributed by atoms with E-state index in [-0.39, 0.29) is 9.26 Å². The number of halogens is 4. The van der Waals surface area contributed by atoms with Crippen molar-refractivity contribution in [2.75, 3.05) is 0 Å². The van der Waals surface area contributed by atoms with Crippen LogP contribution in [0.5, 0.6) is 5.75 Å². The van der Waals surface area contributed by atoms with E-state index < -0.39 is 12.1 Å². The van der Waals surface area contributed by atoms with E-state index in [2.05, 4.69) is 9.72 Å². The minimum absolute atomic E-state index is 0.121. The van der Waals surface area contributed by atoms with Gasteiger partial charge in [0.1, 0.15) is 17.5 Å². The molecule has 0 N–H and O–H groups in total. The zero-order chi connectivity index (χ0) is 10.8. The van der Waals surface area contributed by atoms with Crippen LogP contribution >= 0.6 is 22.6 Å². The third kappa shape index (κ3) is 3.02. The van der Waals surface area contributed by atoms with Gasteiger partial charge in [-0.25, -0.2) is 4.98 Å². The predicted octanol–water partition coefficient (Wildman–Crippen LogP) is 2.46. The number of nitrogens with zero attached hydrogens (tertiary/aromatic N) is 2. The Balaban J connectivity index is 3.03. The van der Waals surface area contributed by atoms with Crippen LogP contribution in [0.3, 0.4) is 0 Å². The first kappa shape index (κ1) is 11.0. The highest BCUT2D eigenvalue weighted by atomic mass is 127. The smallest absolute Gasteiger partial charge is 0.404 e. The van der Waals surface area contributed by atoms with Crippen molar-refractivity contribution in [3.05, 3.63) is 21.5 Å². The Labute approximate surface area is 90.6 Å². The third-order valence-corrected chi connectivity index (χ3v) is 1.97. The van der Waals surface area contributed by atoms with E-state index >= 15 is 0 Å². The summed E-state index contributed by atoms with van der Waals surface area (Å²) in [7, 11) is 0. The molecule has 0 amide bonds. The second kappa shape index (κ2) is 4.00. The lowest BCUT2D eigenvalue weighted by atomic mass is 10.3. The molecule has 1 rings (SSSR count). The van der Waals surface area contributed by atoms with Crippen LogP contribution in [0.1, 0.15) is 5.69 Å². The molecular formula is C7H2F3IN2O. The van der Waals surface area contributed by atoms with E-state index in [1.165, 1.54) is 0 Å². The summed E-state index contributed by atoms with van der Waals surface area (Å²) in [5, 5.41) is 8.40. The number of hydrogen-bond acceptors (Lipinski definition) is 3. The Hall–Kier alpha value is -1.04. The fraction of sp³-hybridized carbons (Fsp3) is 0.143. The molecule has 1 aromatic rings. The molecule has 0 saturated heterocycles. The fourth-order valence-corrected chi connectivity index (χ4v) is 1.09. The van der Waals surface area contributed by atoms with E-state index in [1.54, 1.807) is 28.7 Å². The molecule has 7 heteroatoms. The first-order valence-electron chi connectivity index (χ1n) is 3.24. The van der Waals surface area contributed by atoms with Gasteiger partial charge in [-0.1, -0.05) is 0 Å². The van der Waals surface area contributed by atoms with Gasteiger partial charge in [-0.2, -0.15) is 5.26 Å². The van der Waals surface area contributed by atoms with Gasteiger partial charge >= 0.3 is 6.36 Å². The zero-order valence-corrected chi connectivity index (χ0v) is 8.63. The van der Waals surface area contributed by atoms with E-state index in [1.807, 2.05) is 0 Å². The van der Waals surface area contributed by atoms with Crippen LogP contribution in [0.4, 0.5) is 13.2 Å². The molecule has 0 spiro atoms. The van der Waals surface area contributed by atoms with Gasteiger partial charge in [0.25, 0.3) is 0 Å². The Morgan fingerprint density at radius 2 is 2.14 bits per heavy atom. The van der Waals surface area contributed by atoms with Gasteiger partial charge in [-0.3, -0.25) is 0 Å². The van der Waals surface area contributed by atoms with Gasteiger partial charge < -0.3 is 4.74 Å². The Morgan fingerprint density at radius 1 is 1.50 bits per heavy atom. The SMILES string of the molecule is N#Cc1cc(OC(F)(F)F)c(I)cn1. The molecule has 14 heavy (non-hydrogen) atoms. The quantitative estimate of drug-likeness (QED) is 0.748. The Morgan fingerprint density at radius 3 is 2.64 bits per heavy atom. The molecule has 3 nitrogen and oxygen atoms in total. The first-order chi connectivity index (χ1) is 6.42. The summed E-state index contributed by atoms with van der Waals surface area (Å²) in [6.45, 7) is 0. The Kier molecular flexibility index (Phi) is 3.15. The van der Waals surface area contributed by atoms with Crippen molar-refractivity contribution in [3.63, 3.8) is 0 Å². The lowest BCUT2D eigenvalue weighted by Crippen LogP contribution is -2.18. The molecule has 0 unspecified atom stereocenters. The van der Waals surface area contributed by atoms with E-state index in [0.29, 0.717) is 0 Å². The number of nitriles is 1. The summed E-state index contributed by atoms with van der Waals surface area (Å²) in [5.41, 5.74) is -0.121. The zero-order valence-electron chi connectivity index (χ0n) is 6.47. The van der Waals surface area contributed by atoms with E-state index in [4.69, 9.17) is 5.26 Å². The summed E-state index contributed by atoms with van der Waals surface area (Å²) < 4.78 is 39.4. The molecule has 0 aromatic carbocycles. The number of hydrogen-bond donors (Lipinski definition) is 0. The molecule has 0 aliphatic carbocycles. The van der Waals surface area contributed by atoms with E-state index in [0.717, 1.165) is 12.3 Å². The van der Waals surface area contributed by atoms with Crippen LogP contribution in [-0.4, -0.2) is 11.3 Å². The highest BCUT2D eigenvalue weighted by Gasteiger charge is 2.32. The normalized spacial score (nSPS) is 10.8. The summed E-state index contributed by atoms with van der Waals surface area (Å²) in [4.78, 5) is 3.57. The molecule has 74 valence electrons. The van der Waals surface area contributed by atoms with Crippen LogP contribution in [0.25, 0.3) is 0 Å². The highest BCUT2D eigenvalue weighted by Crippen LogP contribution is 2.27. The van der Waals surface area contributed by atoms with Gasteiger partial charge in [0.2, 0.25) is 0 Å². The average Bonchev–Trinajstić information content (AvgIpc) is 2.06. The lowest BCUT2D eigenvalue weighted by molar-refractivity contribution is -0.275. The van der Waals surface area contributed by atoms with Gasteiger partial charge in [0.15, 0.2) is 0 Å². The number of alkyl halides is 3. The van der Waals surface area contributed by atoms with Gasteiger partial charge in [0, 0.05) is 12.3 Å². The summed E-state index contributed by atoms with van der Waals surface area (Å²) in [6.07, 6.45) is -3.62. The standard InChI is InChI=1S/C7H2F3IN2O/c8-7(9,10)14-6-1-4(2-12)13-3-5(6)11/h1,3H. The van der Waals surface area contributed by atoms with Crippen molar-refractivity contribution in [3.8, 4) is 11.8 Å². The minimum atomic E-state index is -4.76. The molecular weight excluding hydrogens is 312 g/mol. The van der Waals surface area contributed by atoms with Gasteiger partial charge in [-0.05, 0) is 22.6 Å². The largest absolute Gasteiger partial charge is 0.573 e. The average molecular weight is 314 g/mol. The highest BCUT2D eigenvalue weighted by molar-refractivity contribution is 14.1. The maximum absolute atomic E-state index is 11.8. The molecule has 1 heterocycles. The second-order valence-electron chi connectivity index (χ2n) is 2.16. The van der Waals surface area contributed by atoms with Crippen molar-refractivity contribution in [2.24, 2.45) is 0 Å². The molecule has 0 aliphatic heterocycles. The number of pyridine rings is 1. The van der Waals surface area contributed by atoms with E-state index in [9.17, 15) is 13.2 Å². The van der Waals surface area contributed by atoms with Crippen molar-refractivity contribution in [1.29, 1.82) is 5.26 Å². The van der Waals surface area contributed by atoms with Gasteiger partial charge in [-0.15, -0.1) is 13.2 Å². The maximum Gasteiger partial charge on any atom is 0.573 e. The topological polar surface area (TPSA) is 45.9 Å². The summed E-state index contributed by atoms with van der Waals surface area (Å²) in [5.74, 6) is -0.412. The van der Waals surface area contributed by atoms with Crippen molar-refractivity contribution < 1.29 is 17.9 Å². The third-order valence-electron chi connectivity index (χ3n) is 1.16. The van der Waals surface area contributed by atoms with Crippen LogP contribution < -0.4 is 4.74 Å². The number of ether oxygens (including phenoxy) is 1. The van der Waals surface area contributed by atoms with Crippen molar-refractivity contribution in [1.82, 2.24) is 4.98 Å². The predicted molar refractivity (Wildman–Crippen MR) is 48.4 cm³/mol. The van der Waals surface area contributed by atoms with Gasteiger partial charge in [0.05, 0.1) is 3.57 Å². The Bertz CT molecular complexity index is 386. The summed E-state index contributed by atoms with van der Waals surface area (Å²) >= 11 is 1.64. The lowest BCUT2D eigenvalue weighted by Gasteiger charge is -2.09. The molecule has 0 saturated carbocycles. The van der Waals surface area contributed by atoms with Crippen LogP contribution in [0, 0.1) is 14.9 Å². The monoisotopic (exact) mass is 314 g/mol. The maximum atomic E-state index is 11.8. The molecule has 0 atom stereocenters. The summed E-state index contributed by atoms with van der Waals surface area (Å²) in [6, 6.07) is 2.56. The number of aromatic nitrogens is 1. The molecule has 1 aromatic heterocycles. The molecule has 0 aliphatic rings. The molecule has 0 bridgehead atoms. The molecule has 0 fully saturated rings. The number of rotatable bonds is 1.